The van der Waals surface area contributed by atoms with Crippen LogP contribution in [0.15, 0.2) is 24.8 Å². The number of rotatable bonds is 3. The van der Waals surface area contributed by atoms with Gasteiger partial charge in [0, 0.05) is 0 Å². The van der Waals surface area contributed by atoms with Gasteiger partial charge in [-0.05, 0) is 24.6 Å². The van der Waals surface area contributed by atoms with Crippen LogP contribution in [0.25, 0.3) is 6.08 Å². The molecular weight excluding hydrogens is 233 g/mol. The second-order valence-electron chi connectivity index (χ2n) is 3.22. The number of esters is 1. The molecule has 0 N–H and O–H groups in total. The zero-order chi connectivity index (χ0) is 13.1. The van der Waals surface area contributed by atoms with Crippen molar-refractivity contribution in [1.82, 2.24) is 0 Å². The van der Waals surface area contributed by atoms with Crippen LogP contribution in [0.2, 0.25) is 0 Å². The zero-order valence-corrected chi connectivity index (χ0v) is 9.17. The van der Waals surface area contributed by atoms with Gasteiger partial charge in [0.15, 0.2) is 0 Å². The molecule has 1 rings (SSSR count). The molecule has 0 saturated heterocycles. The highest BCUT2D eigenvalue weighted by Gasteiger charge is 2.31. The summed E-state index contributed by atoms with van der Waals surface area (Å²) in [6.45, 7) is 5.12. The fraction of sp³-hybridized carbons (Fsp3) is 0.250. The van der Waals surface area contributed by atoms with E-state index in [2.05, 4.69) is 11.3 Å². The van der Waals surface area contributed by atoms with Gasteiger partial charge in [0.1, 0.15) is 0 Å². The Kier molecular flexibility index (Phi) is 3.93. The highest BCUT2D eigenvalue weighted by Crippen LogP contribution is 2.31. The van der Waals surface area contributed by atoms with Gasteiger partial charge < -0.3 is 4.74 Å². The number of hydrogen-bond acceptors (Lipinski definition) is 2. The molecule has 0 aliphatic carbocycles. The first kappa shape index (κ1) is 13.3. The van der Waals surface area contributed by atoms with Crippen molar-refractivity contribution < 1.29 is 22.7 Å². The zero-order valence-electron chi connectivity index (χ0n) is 9.17. The summed E-state index contributed by atoms with van der Waals surface area (Å²) in [5.41, 5.74) is -0.695. The van der Waals surface area contributed by atoms with E-state index < -0.39 is 17.7 Å². The van der Waals surface area contributed by atoms with Crippen LogP contribution in [0.5, 0.6) is 0 Å². The molecule has 0 aromatic heterocycles. The Balaban J connectivity index is 3.25. The van der Waals surface area contributed by atoms with E-state index in [4.69, 9.17) is 0 Å². The smallest absolute Gasteiger partial charge is 0.416 e. The minimum absolute atomic E-state index is 0.103. The van der Waals surface area contributed by atoms with Gasteiger partial charge in [0.25, 0.3) is 0 Å². The first-order valence-corrected chi connectivity index (χ1v) is 4.91. The van der Waals surface area contributed by atoms with E-state index >= 15 is 0 Å². The van der Waals surface area contributed by atoms with Crippen molar-refractivity contribution in [3.05, 3.63) is 41.5 Å². The summed E-state index contributed by atoms with van der Waals surface area (Å²) in [6, 6.07) is 2.87. The molecule has 1 aromatic carbocycles. The molecule has 0 fully saturated rings. The van der Waals surface area contributed by atoms with Gasteiger partial charge in [-0.2, -0.15) is 13.2 Å². The van der Waals surface area contributed by atoms with Crippen LogP contribution in [0, 0.1) is 0 Å². The summed E-state index contributed by atoms with van der Waals surface area (Å²) in [7, 11) is 0. The van der Waals surface area contributed by atoms with E-state index in [0.29, 0.717) is 5.56 Å². The van der Waals surface area contributed by atoms with Crippen molar-refractivity contribution in [3.63, 3.8) is 0 Å². The molecule has 0 amide bonds. The van der Waals surface area contributed by atoms with Crippen LogP contribution in [-0.2, 0) is 10.9 Å². The summed E-state index contributed by atoms with van der Waals surface area (Å²) >= 11 is 0. The third kappa shape index (κ3) is 3.09. The van der Waals surface area contributed by atoms with Crippen molar-refractivity contribution in [2.45, 2.75) is 13.1 Å². The Labute approximate surface area is 96.7 Å². The lowest BCUT2D eigenvalue weighted by Crippen LogP contribution is -2.11. The van der Waals surface area contributed by atoms with Crippen molar-refractivity contribution >= 4 is 12.0 Å². The van der Waals surface area contributed by atoms with Gasteiger partial charge >= 0.3 is 12.1 Å². The number of carbonyl (C=O) groups is 1. The number of carbonyl (C=O) groups excluding carboxylic acids is 1. The van der Waals surface area contributed by atoms with E-state index in [1.165, 1.54) is 12.1 Å². The maximum Gasteiger partial charge on any atom is 0.416 e. The molecule has 1 aromatic rings. The first-order valence-electron chi connectivity index (χ1n) is 4.91. The molecule has 0 bridgehead atoms. The third-order valence-corrected chi connectivity index (χ3v) is 2.10. The number of halogens is 3. The topological polar surface area (TPSA) is 26.3 Å². The molecule has 5 heteroatoms. The Morgan fingerprint density at radius 2 is 2.12 bits per heavy atom. The Bertz CT molecular complexity index is 436. The number of alkyl halides is 3. The summed E-state index contributed by atoms with van der Waals surface area (Å²) in [4.78, 5) is 11.5. The Morgan fingerprint density at radius 1 is 1.47 bits per heavy atom. The van der Waals surface area contributed by atoms with Crippen LogP contribution in [-0.4, -0.2) is 12.6 Å². The summed E-state index contributed by atoms with van der Waals surface area (Å²) in [6.07, 6.45) is -3.17. The molecule has 92 valence electrons. The standard InChI is InChI=1S/C12H11F3O2/c1-3-8-5-6-9(12(13,14)15)7-10(8)11(16)17-4-2/h3,5-7H,1,4H2,2H3. The SMILES string of the molecule is C=Cc1ccc(C(F)(F)F)cc1C(=O)OCC. The van der Waals surface area contributed by atoms with Gasteiger partial charge in [-0.3, -0.25) is 0 Å². The quantitative estimate of drug-likeness (QED) is 0.760. The fourth-order valence-electron chi connectivity index (χ4n) is 1.30. The summed E-state index contributed by atoms with van der Waals surface area (Å²) in [5, 5.41) is 0. The third-order valence-electron chi connectivity index (χ3n) is 2.10. The van der Waals surface area contributed by atoms with Gasteiger partial charge in [0.05, 0.1) is 17.7 Å². The number of hydrogen-bond donors (Lipinski definition) is 0. The highest BCUT2D eigenvalue weighted by atomic mass is 19.4. The summed E-state index contributed by atoms with van der Waals surface area (Å²) in [5.74, 6) is -0.784. The minimum Gasteiger partial charge on any atom is -0.462 e. The van der Waals surface area contributed by atoms with Crippen molar-refractivity contribution in [1.29, 1.82) is 0 Å². The Morgan fingerprint density at radius 3 is 2.59 bits per heavy atom. The molecule has 0 unspecified atom stereocenters. The molecule has 0 aliphatic heterocycles. The molecule has 0 atom stereocenters. The lowest BCUT2D eigenvalue weighted by Gasteiger charge is -2.10. The van der Waals surface area contributed by atoms with Crippen molar-refractivity contribution in [2.24, 2.45) is 0 Å². The van der Waals surface area contributed by atoms with Crippen LogP contribution in [0.3, 0.4) is 0 Å². The largest absolute Gasteiger partial charge is 0.462 e. The average Bonchev–Trinajstić information content (AvgIpc) is 2.27. The average molecular weight is 244 g/mol. The predicted molar refractivity (Wildman–Crippen MR) is 57.5 cm³/mol. The number of ether oxygens (including phenoxy) is 1. The first-order chi connectivity index (χ1) is 7.90. The lowest BCUT2D eigenvalue weighted by molar-refractivity contribution is -0.137. The van der Waals surface area contributed by atoms with Crippen molar-refractivity contribution in [2.75, 3.05) is 6.61 Å². The molecule has 0 heterocycles. The second kappa shape index (κ2) is 5.03. The van der Waals surface area contributed by atoms with Crippen LogP contribution >= 0.6 is 0 Å². The van der Waals surface area contributed by atoms with Gasteiger partial charge in [-0.25, -0.2) is 4.79 Å². The van der Waals surface area contributed by atoms with Crippen LogP contribution < -0.4 is 0 Å². The van der Waals surface area contributed by atoms with Gasteiger partial charge in [-0.1, -0.05) is 18.7 Å². The van der Waals surface area contributed by atoms with E-state index in [9.17, 15) is 18.0 Å². The number of benzene rings is 1. The second-order valence-corrected chi connectivity index (χ2v) is 3.22. The van der Waals surface area contributed by atoms with Crippen molar-refractivity contribution in [3.8, 4) is 0 Å². The normalized spacial score (nSPS) is 11.1. The van der Waals surface area contributed by atoms with E-state index in [-0.39, 0.29) is 12.2 Å². The molecule has 0 aliphatic rings. The molecule has 17 heavy (non-hydrogen) atoms. The minimum atomic E-state index is -4.49. The van der Waals surface area contributed by atoms with Gasteiger partial charge in [0.2, 0.25) is 0 Å². The monoisotopic (exact) mass is 244 g/mol. The maximum atomic E-state index is 12.5. The molecule has 0 radical (unpaired) electrons. The lowest BCUT2D eigenvalue weighted by atomic mass is 10.0. The van der Waals surface area contributed by atoms with E-state index in [0.717, 1.165) is 12.1 Å². The van der Waals surface area contributed by atoms with Crippen LogP contribution in [0.1, 0.15) is 28.4 Å². The van der Waals surface area contributed by atoms with Gasteiger partial charge in [-0.15, -0.1) is 0 Å². The Hall–Kier alpha value is -1.78. The molecular formula is C12H11F3O2. The highest BCUT2D eigenvalue weighted by molar-refractivity contribution is 5.93. The maximum absolute atomic E-state index is 12.5. The van der Waals surface area contributed by atoms with E-state index in [1.54, 1.807) is 6.92 Å². The predicted octanol–water partition coefficient (Wildman–Crippen LogP) is 3.53. The van der Waals surface area contributed by atoms with E-state index in [1.807, 2.05) is 0 Å². The van der Waals surface area contributed by atoms with Crippen LogP contribution in [0.4, 0.5) is 13.2 Å². The fourth-order valence-corrected chi connectivity index (χ4v) is 1.30. The molecule has 0 saturated carbocycles. The molecule has 2 nitrogen and oxygen atoms in total. The summed E-state index contributed by atoms with van der Waals surface area (Å²) < 4.78 is 42.1. The molecule has 0 spiro atoms.